The van der Waals surface area contributed by atoms with Gasteiger partial charge in [0.2, 0.25) is 0 Å². The molecular formula is C12H20N6O. The van der Waals surface area contributed by atoms with E-state index in [0.717, 1.165) is 5.65 Å². The standard InChI is InChI=1S/C12H20N6O/c1-8(2)9(3-6-19)15-11-12-14-4-5-18(12)7-10(16-11)17-13/h4-5,7-9,17,19H,3,6,13H2,1-2H3,(H,15,16). The minimum Gasteiger partial charge on any atom is -0.396 e. The molecule has 7 nitrogen and oxygen atoms in total. The number of anilines is 2. The van der Waals surface area contributed by atoms with Crippen molar-refractivity contribution in [2.45, 2.75) is 26.3 Å². The summed E-state index contributed by atoms with van der Waals surface area (Å²) in [5, 5.41) is 12.5. The maximum Gasteiger partial charge on any atom is 0.180 e. The van der Waals surface area contributed by atoms with Crippen molar-refractivity contribution in [1.29, 1.82) is 0 Å². The Bertz CT molecular complexity index is 538. The van der Waals surface area contributed by atoms with Gasteiger partial charge in [-0.1, -0.05) is 13.8 Å². The molecule has 0 amide bonds. The zero-order chi connectivity index (χ0) is 13.8. The van der Waals surface area contributed by atoms with E-state index in [1.54, 1.807) is 12.4 Å². The Balaban J connectivity index is 2.34. The van der Waals surface area contributed by atoms with Gasteiger partial charge in [-0.15, -0.1) is 0 Å². The van der Waals surface area contributed by atoms with Gasteiger partial charge in [-0.25, -0.2) is 15.8 Å². The van der Waals surface area contributed by atoms with Gasteiger partial charge < -0.3 is 20.2 Å². The zero-order valence-electron chi connectivity index (χ0n) is 11.2. The summed E-state index contributed by atoms with van der Waals surface area (Å²) in [5.41, 5.74) is 3.27. The number of nitrogens with zero attached hydrogens (tertiary/aromatic N) is 3. The molecule has 0 aliphatic rings. The van der Waals surface area contributed by atoms with Crippen LogP contribution in [0.1, 0.15) is 20.3 Å². The number of hydrazine groups is 1. The molecule has 5 N–H and O–H groups in total. The van der Waals surface area contributed by atoms with Crippen LogP contribution in [0.25, 0.3) is 5.65 Å². The predicted octanol–water partition coefficient (Wildman–Crippen LogP) is 0.834. The molecule has 0 aliphatic carbocycles. The topological polar surface area (TPSA) is 100 Å². The SMILES string of the molecule is CC(C)C(CCO)Nc1nc(NN)cn2ccnc12. The van der Waals surface area contributed by atoms with Crippen molar-refractivity contribution in [3.8, 4) is 0 Å². The Hall–Kier alpha value is -1.86. The summed E-state index contributed by atoms with van der Waals surface area (Å²) in [5.74, 6) is 7.00. The number of nitrogens with two attached hydrogens (primary N) is 1. The first kappa shape index (κ1) is 13.6. The summed E-state index contributed by atoms with van der Waals surface area (Å²) in [4.78, 5) is 8.66. The second kappa shape index (κ2) is 5.85. The minimum atomic E-state index is 0.131. The third-order valence-electron chi connectivity index (χ3n) is 3.09. The van der Waals surface area contributed by atoms with Crippen molar-refractivity contribution < 1.29 is 5.11 Å². The van der Waals surface area contributed by atoms with Gasteiger partial charge in [0.15, 0.2) is 17.3 Å². The van der Waals surface area contributed by atoms with Crippen LogP contribution in [0, 0.1) is 5.92 Å². The molecule has 7 heteroatoms. The maximum absolute atomic E-state index is 9.12. The van der Waals surface area contributed by atoms with Gasteiger partial charge in [0.05, 0.1) is 6.20 Å². The smallest absolute Gasteiger partial charge is 0.180 e. The first-order valence-corrected chi connectivity index (χ1v) is 6.33. The highest BCUT2D eigenvalue weighted by Crippen LogP contribution is 2.19. The van der Waals surface area contributed by atoms with E-state index in [1.807, 2.05) is 10.6 Å². The number of aliphatic hydroxyl groups is 1. The average Bonchev–Trinajstić information content (AvgIpc) is 2.86. The lowest BCUT2D eigenvalue weighted by Crippen LogP contribution is -2.28. The zero-order valence-corrected chi connectivity index (χ0v) is 11.2. The molecule has 0 aliphatic heterocycles. The van der Waals surface area contributed by atoms with Crippen LogP contribution in [0.3, 0.4) is 0 Å². The van der Waals surface area contributed by atoms with Crippen LogP contribution in [-0.4, -0.2) is 32.1 Å². The quantitative estimate of drug-likeness (QED) is 0.455. The number of nitrogens with one attached hydrogen (secondary N) is 2. The molecule has 1 unspecified atom stereocenters. The average molecular weight is 264 g/mol. The van der Waals surface area contributed by atoms with Crippen molar-refractivity contribution in [3.05, 3.63) is 18.6 Å². The van der Waals surface area contributed by atoms with Gasteiger partial charge in [-0.2, -0.15) is 0 Å². The molecule has 0 fully saturated rings. The van der Waals surface area contributed by atoms with Gasteiger partial charge in [-0.05, 0) is 12.3 Å². The fourth-order valence-corrected chi connectivity index (χ4v) is 1.98. The Morgan fingerprint density at radius 2 is 2.26 bits per heavy atom. The lowest BCUT2D eigenvalue weighted by atomic mass is 10.0. The number of imidazole rings is 1. The Kier molecular flexibility index (Phi) is 4.18. The fraction of sp³-hybridized carbons (Fsp3) is 0.500. The Morgan fingerprint density at radius 1 is 1.47 bits per heavy atom. The molecule has 0 radical (unpaired) electrons. The van der Waals surface area contributed by atoms with Crippen LogP contribution in [0.5, 0.6) is 0 Å². The number of aliphatic hydroxyl groups excluding tert-OH is 1. The van der Waals surface area contributed by atoms with Gasteiger partial charge in [0, 0.05) is 25.0 Å². The number of hydrogen-bond donors (Lipinski definition) is 4. The summed E-state index contributed by atoms with van der Waals surface area (Å²) >= 11 is 0. The van der Waals surface area contributed by atoms with Crippen molar-refractivity contribution in [3.63, 3.8) is 0 Å². The van der Waals surface area contributed by atoms with E-state index in [9.17, 15) is 0 Å². The predicted molar refractivity (Wildman–Crippen MR) is 74.7 cm³/mol. The van der Waals surface area contributed by atoms with Gasteiger partial charge in [0.1, 0.15) is 0 Å². The van der Waals surface area contributed by atoms with Crippen LogP contribution in [0.4, 0.5) is 11.6 Å². The highest BCUT2D eigenvalue weighted by atomic mass is 16.3. The van der Waals surface area contributed by atoms with Crippen LogP contribution >= 0.6 is 0 Å². The summed E-state index contributed by atoms with van der Waals surface area (Å²) in [6.45, 7) is 4.33. The Morgan fingerprint density at radius 3 is 2.89 bits per heavy atom. The van der Waals surface area contributed by atoms with E-state index >= 15 is 0 Å². The number of aromatic nitrogens is 3. The second-order valence-corrected chi connectivity index (χ2v) is 4.78. The fourth-order valence-electron chi connectivity index (χ4n) is 1.98. The molecule has 2 aromatic heterocycles. The third-order valence-corrected chi connectivity index (χ3v) is 3.09. The molecule has 2 aromatic rings. The summed E-state index contributed by atoms with van der Waals surface area (Å²) < 4.78 is 1.85. The molecule has 0 bridgehead atoms. The maximum atomic E-state index is 9.12. The van der Waals surface area contributed by atoms with Crippen molar-refractivity contribution in [1.82, 2.24) is 14.4 Å². The molecule has 0 saturated heterocycles. The van der Waals surface area contributed by atoms with Crippen molar-refractivity contribution >= 4 is 17.3 Å². The van der Waals surface area contributed by atoms with E-state index in [0.29, 0.717) is 24.0 Å². The molecule has 2 heterocycles. The normalized spacial score (nSPS) is 12.9. The van der Waals surface area contributed by atoms with E-state index in [1.165, 1.54) is 0 Å². The van der Waals surface area contributed by atoms with Crippen LogP contribution in [0.15, 0.2) is 18.6 Å². The Labute approximate surface area is 111 Å². The van der Waals surface area contributed by atoms with Crippen LogP contribution in [0.2, 0.25) is 0 Å². The first-order chi connectivity index (χ1) is 9.15. The molecule has 0 spiro atoms. The van der Waals surface area contributed by atoms with Crippen LogP contribution in [-0.2, 0) is 0 Å². The highest BCUT2D eigenvalue weighted by Gasteiger charge is 2.16. The number of fused-ring (bicyclic) bond motifs is 1. The molecular weight excluding hydrogens is 244 g/mol. The van der Waals surface area contributed by atoms with E-state index in [2.05, 4.69) is 34.6 Å². The largest absolute Gasteiger partial charge is 0.396 e. The van der Waals surface area contributed by atoms with Gasteiger partial charge >= 0.3 is 0 Å². The van der Waals surface area contributed by atoms with Crippen molar-refractivity contribution in [2.24, 2.45) is 11.8 Å². The number of nitrogen functional groups attached to an aromatic ring is 1. The van der Waals surface area contributed by atoms with E-state index < -0.39 is 0 Å². The monoisotopic (exact) mass is 264 g/mol. The summed E-state index contributed by atoms with van der Waals surface area (Å²) in [7, 11) is 0. The first-order valence-electron chi connectivity index (χ1n) is 6.33. The summed E-state index contributed by atoms with van der Waals surface area (Å²) in [6.07, 6.45) is 5.97. The van der Waals surface area contributed by atoms with Crippen LogP contribution < -0.4 is 16.6 Å². The molecule has 0 aromatic carbocycles. The molecule has 1 atom stereocenters. The molecule has 2 rings (SSSR count). The molecule has 19 heavy (non-hydrogen) atoms. The molecule has 0 saturated carbocycles. The van der Waals surface area contributed by atoms with Crippen molar-refractivity contribution in [2.75, 3.05) is 17.3 Å². The lowest BCUT2D eigenvalue weighted by Gasteiger charge is -2.22. The molecule has 104 valence electrons. The number of rotatable bonds is 6. The van der Waals surface area contributed by atoms with E-state index in [4.69, 9.17) is 10.9 Å². The highest BCUT2D eigenvalue weighted by molar-refractivity contribution is 5.65. The third kappa shape index (κ3) is 2.94. The van der Waals surface area contributed by atoms with Gasteiger partial charge in [-0.3, -0.25) is 0 Å². The second-order valence-electron chi connectivity index (χ2n) is 4.78. The lowest BCUT2D eigenvalue weighted by molar-refractivity contribution is 0.267. The minimum absolute atomic E-state index is 0.131. The summed E-state index contributed by atoms with van der Waals surface area (Å²) in [6, 6.07) is 0.131. The van der Waals surface area contributed by atoms with Gasteiger partial charge in [0.25, 0.3) is 0 Å². The number of hydrogen-bond acceptors (Lipinski definition) is 6. The van der Waals surface area contributed by atoms with E-state index in [-0.39, 0.29) is 12.6 Å².